The Hall–Kier alpha value is -0.950. The molecule has 0 bridgehead atoms. The molecule has 1 fully saturated rings. The number of carbonyl (C=O) groups is 2. The zero-order chi connectivity index (χ0) is 11.5. The van der Waals surface area contributed by atoms with Crippen LogP contribution in [-0.4, -0.2) is 47.4 Å². The number of carbonyl (C=O) groups excluding carboxylic acids is 1. The van der Waals surface area contributed by atoms with E-state index in [1.54, 1.807) is 0 Å². The second-order valence-electron chi connectivity index (χ2n) is 3.36. The molecule has 1 amide bonds. The fraction of sp³-hybridized carbons (Fsp3) is 0.750. The van der Waals surface area contributed by atoms with E-state index in [0.29, 0.717) is 5.75 Å². The highest BCUT2D eigenvalue weighted by Crippen LogP contribution is 2.20. The van der Waals surface area contributed by atoms with Gasteiger partial charge >= 0.3 is 12.1 Å². The number of aliphatic carboxylic acids is 1. The van der Waals surface area contributed by atoms with E-state index in [2.05, 4.69) is 5.32 Å². The molecule has 4 N–H and O–H groups in total. The van der Waals surface area contributed by atoms with Crippen molar-refractivity contribution in [1.29, 1.82) is 0 Å². The summed E-state index contributed by atoms with van der Waals surface area (Å²) in [4.78, 5) is 21.9. The van der Waals surface area contributed by atoms with Crippen LogP contribution >= 0.6 is 11.8 Å². The molecule has 6 nitrogen and oxygen atoms in total. The van der Waals surface area contributed by atoms with E-state index in [4.69, 9.17) is 15.6 Å². The van der Waals surface area contributed by atoms with Crippen LogP contribution in [0.25, 0.3) is 0 Å². The van der Waals surface area contributed by atoms with E-state index >= 15 is 0 Å². The number of carboxylic acid groups (broad SMARTS) is 1. The second kappa shape index (κ2) is 4.71. The van der Waals surface area contributed by atoms with E-state index in [9.17, 15) is 9.59 Å². The predicted molar refractivity (Wildman–Crippen MR) is 55.8 cm³/mol. The Labute approximate surface area is 91.5 Å². The van der Waals surface area contributed by atoms with Crippen molar-refractivity contribution in [2.45, 2.75) is 18.1 Å². The molecule has 0 aliphatic carbocycles. The number of nitrogens with two attached hydrogens (primary N) is 1. The Balaban J connectivity index is 2.71. The number of cyclic esters (lactones) is 1. The summed E-state index contributed by atoms with van der Waals surface area (Å²) < 4.78 is 4.82. The van der Waals surface area contributed by atoms with E-state index in [1.807, 2.05) is 6.26 Å². The standard InChI is InChI=1S/C8H14N2O4S/c1-15-3-2-8(9,6(11)12)5-4-10-7(13)14-5/h5H,2-4,9H2,1H3,(H,10,13)(H,11,12)/t5-,8-/m1/s1. The van der Waals surface area contributed by atoms with Gasteiger partial charge in [-0.25, -0.2) is 4.79 Å². The minimum atomic E-state index is -1.50. The number of hydrogen-bond donors (Lipinski definition) is 3. The van der Waals surface area contributed by atoms with Crippen molar-refractivity contribution in [3.8, 4) is 0 Å². The first kappa shape index (κ1) is 12.1. The lowest BCUT2D eigenvalue weighted by atomic mass is 9.90. The number of hydrogen-bond acceptors (Lipinski definition) is 5. The summed E-state index contributed by atoms with van der Waals surface area (Å²) in [5.74, 6) is -0.533. The number of alkyl carbamates (subject to hydrolysis) is 1. The molecule has 1 aliphatic heterocycles. The average Bonchev–Trinajstić information content (AvgIpc) is 2.61. The molecule has 0 aromatic carbocycles. The normalized spacial score (nSPS) is 24.1. The Morgan fingerprint density at radius 1 is 1.87 bits per heavy atom. The summed E-state index contributed by atoms with van der Waals surface area (Å²) >= 11 is 1.50. The van der Waals surface area contributed by atoms with Crippen LogP contribution in [0.3, 0.4) is 0 Å². The van der Waals surface area contributed by atoms with E-state index in [0.717, 1.165) is 0 Å². The van der Waals surface area contributed by atoms with Gasteiger partial charge in [-0.3, -0.25) is 4.79 Å². The monoisotopic (exact) mass is 234 g/mol. The number of amides is 1. The highest BCUT2D eigenvalue weighted by atomic mass is 32.2. The molecule has 2 atom stereocenters. The zero-order valence-electron chi connectivity index (χ0n) is 8.36. The molecule has 0 saturated carbocycles. The quantitative estimate of drug-likeness (QED) is 0.600. The van der Waals surface area contributed by atoms with Gasteiger partial charge in [0.15, 0.2) is 5.54 Å². The summed E-state index contributed by atoms with van der Waals surface area (Å²) in [6.07, 6.45) is 0.722. The van der Waals surface area contributed by atoms with Crippen molar-refractivity contribution in [2.24, 2.45) is 5.73 Å². The van der Waals surface area contributed by atoms with Crippen molar-refractivity contribution in [3.63, 3.8) is 0 Å². The van der Waals surface area contributed by atoms with Crippen LogP contribution in [0.2, 0.25) is 0 Å². The van der Waals surface area contributed by atoms with Crippen molar-refractivity contribution >= 4 is 23.8 Å². The summed E-state index contributed by atoms with van der Waals surface area (Å²) in [6.45, 7) is 0.149. The molecule has 7 heteroatoms. The van der Waals surface area contributed by atoms with Gasteiger partial charge in [0.25, 0.3) is 0 Å². The predicted octanol–water partition coefficient (Wildman–Crippen LogP) is -0.370. The first-order valence-electron chi connectivity index (χ1n) is 4.46. The minimum Gasteiger partial charge on any atom is -0.480 e. The highest BCUT2D eigenvalue weighted by molar-refractivity contribution is 7.98. The van der Waals surface area contributed by atoms with Gasteiger partial charge in [0.05, 0.1) is 6.54 Å². The minimum absolute atomic E-state index is 0.149. The van der Waals surface area contributed by atoms with Crippen LogP contribution in [0, 0.1) is 0 Å². The molecule has 1 heterocycles. The molecule has 0 aromatic heterocycles. The van der Waals surface area contributed by atoms with E-state index in [-0.39, 0.29) is 13.0 Å². The van der Waals surface area contributed by atoms with Crippen molar-refractivity contribution in [3.05, 3.63) is 0 Å². The summed E-state index contributed by atoms with van der Waals surface area (Å²) in [6, 6.07) is 0. The molecule has 1 aliphatic rings. The molecule has 0 spiro atoms. The maximum atomic E-state index is 11.1. The SMILES string of the molecule is CSCC[C@](N)(C(=O)O)[C@H]1CNC(=O)O1. The Bertz CT molecular complexity index is 273. The summed E-state index contributed by atoms with van der Waals surface area (Å²) in [5.41, 5.74) is 4.27. The molecule has 0 unspecified atom stereocenters. The van der Waals surface area contributed by atoms with Gasteiger partial charge in [-0.2, -0.15) is 11.8 Å². The molecule has 1 rings (SSSR count). The molecule has 0 aromatic rings. The van der Waals surface area contributed by atoms with Gasteiger partial charge in [0.1, 0.15) is 6.10 Å². The number of rotatable bonds is 5. The molecule has 86 valence electrons. The number of carboxylic acids is 1. The van der Waals surface area contributed by atoms with Crippen molar-refractivity contribution in [2.75, 3.05) is 18.6 Å². The van der Waals surface area contributed by atoms with Crippen LogP contribution in [0.4, 0.5) is 4.79 Å². The van der Waals surface area contributed by atoms with Gasteiger partial charge in [-0.15, -0.1) is 0 Å². The van der Waals surface area contributed by atoms with E-state index in [1.165, 1.54) is 11.8 Å². The van der Waals surface area contributed by atoms with Crippen molar-refractivity contribution < 1.29 is 19.4 Å². The number of nitrogens with one attached hydrogen (secondary N) is 1. The lowest BCUT2D eigenvalue weighted by molar-refractivity contribution is -0.147. The van der Waals surface area contributed by atoms with E-state index < -0.39 is 23.7 Å². The lowest BCUT2D eigenvalue weighted by Crippen LogP contribution is -2.59. The first-order valence-corrected chi connectivity index (χ1v) is 5.86. The molecule has 1 saturated heterocycles. The van der Waals surface area contributed by atoms with Gasteiger partial charge in [-0.1, -0.05) is 0 Å². The molecular formula is C8H14N2O4S. The number of ether oxygens (including phenoxy) is 1. The third kappa shape index (κ3) is 2.54. The second-order valence-corrected chi connectivity index (χ2v) is 4.35. The average molecular weight is 234 g/mol. The smallest absolute Gasteiger partial charge is 0.407 e. The van der Waals surface area contributed by atoms with Crippen LogP contribution in [0.1, 0.15) is 6.42 Å². The fourth-order valence-electron chi connectivity index (χ4n) is 1.35. The Morgan fingerprint density at radius 3 is 2.93 bits per heavy atom. The largest absolute Gasteiger partial charge is 0.480 e. The van der Waals surface area contributed by atoms with Gasteiger partial charge in [0.2, 0.25) is 0 Å². The van der Waals surface area contributed by atoms with Crippen LogP contribution in [-0.2, 0) is 9.53 Å². The van der Waals surface area contributed by atoms with Crippen molar-refractivity contribution in [1.82, 2.24) is 5.32 Å². The molecular weight excluding hydrogens is 220 g/mol. The third-order valence-corrected chi connectivity index (χ3v) is 2.99. The number of thioether (sulfide) groups is 1. The maximum Gasteiger partial charge on any atom is 0.407 e. The lowest BCUT2D eigenvalue weighted by Gasteiger charge is -2.28. The Kier molecular flexibility index (Phi) is 3.81. The van der Waals surface area contributed by atoms with Crippen LogP contribution in [0.5, 0.6) is 0 Å². The summed E-state index contributed by atoms with van der Waals surface area (Å²) in [7, 11) is 0. The topological polar surface area (TPSA) is 102 Å². The van der Waals surface area contributed by atoms with Gasteiger partial charge in [0, 0.05) is 0 Å². The van der Waals surface area contributed by atoms with Crippen LogP contribution < -0.4 is 11.1 Å². The maximum absolute atomic E-state index is 11.1. The molecule has 15 heavy (non-hydrogen) atoms. The van der Waals surface area contributed by atoms with Gasteiger partial charge < -0.3 is 20.9 Å². The highest BCUT2D eigenvalue weighted by Gasteiger charge is 2.47. The van der Waals surface area contributed by atoms with Crippen LogP contribution in [0.15, 0.2) is 0 Å². The van der Waals surface area contributed by atoms with Gasteiger partial charge in [-0.05, 0) is 18.4 Å². The third-order valence-electron chi connectivity index (χ3n) is 2.37. The fourth-order valence-corrected chi connectivity index (χ4v) is 1.89. The molecule has 0 radical (unpaired) electrons. The summed E-state index contributed by atoms with van der Waals surface area (Å²) in [5, 5.41) is 11.4. The Morgan fingerprint density at radius 2 is 2.53 bits per heavy atom. The first-order chi connectivity index (χ1) is 7.00. The zero-order valence-corrected chi connectivity index (χ0v) is 9.17.